The van der Waals surface area contributed by atoms with Crippen molar-refractivity contribution in [2.24, 2.45) is 5.92 Å². The Bertz CT molecular complexity index is 359. The Labute approximate surface area is 111 Å². The van der Waals surface area contributed by atoms with Gasteiger partial charge >= 0.3 is 0 Å². The lowest BCUT2D eigenvalue weighted by Crippen LogP contribution is -2.26. The molecule has 1 N–H and O–H groups in total. The third-order valence-corrected chi connectivity index (χ3v) is 3.83. The first-order valence-corrected chi connectivity index (χ1v) is 7.09. The van der Waals surface area contributed by atoms with Crippen LogP contribution >= 0.6 is 0 Å². The van der Waals surface area contributed by atoms with Crippen LogP contribution in [-0.2, 0) is 6.54 Å². The lowest BCUT2D eigenvalue weighted by Gasteiger charge is -2.27. The molecule has 100 valence electrons. The van der Waals surface area contributed by atoms with Crippen molar-refractivity contribution in [3.63, 3.8) is 0 Å². The summed E-state index contributed by atoms with van der Waals surface area (Å²) in [6.45, 7) is 2.25. The smallest absolute Gasteiger partial charge is 0.125 e. The van der Waals surface area contributed by atoms with Crippen molar-refractivity contribution < 1.29 is 0 Å². The Morgan fingerprint density at radius 1 is 1.33 bits per heavy atom. The zero-order valence-corrected chi connectivity index (χ0v) is 11.7. The van der Waals surface area contributed by atoms with Gasteiger partial charge in [0.2, 0.25) is 0 Å². The highest BCUT2D eigenvalue weighted by atomic mass is 15.1. The maximum absolute atomic E-state index is 4.25. The van der Waals surface area contributed by atoms with E-state index in [0.717, 1.165) is 18.3 Å². The number of anilines is 1. The number of nitrogens with zero attached hydrogens (tertiary/aromatic N) is 2. The number of hydrogen-bond donors (Lipinski definition) is 1. The summed E-state index contributed by atoms with van der Waals surface area (Å²) in [5.74, 6) is 1.87. The summed E-state index contributed by atoms with van der Waals surface area (Å²) in [6, 6.07) is 4.25. The van der Waals surface area contributed by atoms with Crippen LogP contribution in [0.25, 0.3) is 0 Å². The Hall–Kier alpha value is -1.09. The van der Waals surface area contributed by atoms with Crippen LogP contribution in [0.2, 0.25) is 0 Å². The quantitative estimate of drug-likeness (QED) is 0.866. The predicted octanol–water partition coefficient (Wildman–Crippen LogP) is 3.14. The normalized spacial score (nSPS) is 17.1. The van der Waals surface area contributed by atoms with E-state index in [-0.39, 0.29) is 0 Å². The maximum atomic E-state index is 4.25. The van der Waals surface area contributed by atoms with E-state index < -0.39 is 0 Å². The summed E-state index contributed by atoms with van der Waals surface area (Å²) in [6.07, 6.45) is 9.02. The first-order valence-electron chi connectivity index (χ1n) is 7.09. The van der Waals surface area contributed by atoms with Crippen molar-refractivity contribution in [1.82, 2.24) is 9.88 Å². The summed E-state index contributed by atoms with van der Waals surface area (Å²) in [5.41, 5.74) is 1.34. The SMILES string of the molecule is CNc1cc(CN(C)CC2CCCCC2)ccn1. The highest BCUT2D eigenvalue weighted by molar-refractivity contribution is 5.36. The van der Waals surface area contributed by atoms with Crippen molar-refractivity contribution >= 4 is 5.82 Å². The van der Waals surface area contributed by atoms with Gasteiger partial charge in [0.05, 0.1) is 0 Å². The van der Waals surface area contributed by atoms with E-state index in [4.69, 9.17) is 0 Å². The molecule has 0 aromatic carbocycles. The second-order valence-electron chi connectivity index (χ2n) is 5.50. The van der Waals surface area contributed by atoms with Crippen molar-refractivity contribution in [2.45, 2.75) is 38.6 Å². The van der Waals surface area contributed by atoms with Crippen LogP contribution in [0, 0.1) is 5.92 Å². The van der Waals surface area contributed by atoms with E-state index in [1.807, 2.05) is 13.2 Å². The van der Waals surface area contributed by atoms with Crippen LogP contribution in [-0.4, -0.2) is 30.5 Å². The zero-order valence-electron chi connectivity index (χ0n) is 11.7. The third-order valence-electron chi connectivity index (χ3n) is 3.83. The van der Waals surface area contributed by atoms with Gasteiger partial charge in [0.1, 0.15) is 5.82 Å². The van der Waals surface area contributed by atoms with Crippen molar-refractivity contribution in [1.29, 1.82) is 0 Å². The second-order valence-corrected chi connectivity index (χ2v) is 5.50. The first-order chi connectivity index (χ1) is 8.78. The summed E-state index contributed by atoms with van der Waals surface area (Å²) >= 11 is 0. The topological polar surface area (TPSA) is 28.2 Å². The van der Waals surface area contributed by atoms with Gasteiger partial charge in [-0.1, -0.05) is 19.3 Å². The first kappa shape index (κ1) is 13.3. The minimum atomic E-state index is 0.911. The van der Waals surface area contributed by atoms with Gasteiger partial charge in [-0.15, -0.1) is 0 Å². The van der Waals surface area contributed by atoms with Crippen LogP contribution in [0.3, 0.4) is 0 Å². The molecule has 3 heteroatoms. The summed E-state index contributed by atoms with van der Waals surface area (Å²) in [5, 5.41) is 3.09. The molecule has 0 aliphatic heterocycles. The average Bonchev–Trinajstić information content (AvgIpc) is 2.40. The van der Waals surface area contributed by atoms with Crippen LogP contribution < -0.4 is 5.32 Å². The molecule has 1 aliphatic carbocycles. The molecule has 1 aliphatic rings. The molecular weight excluding hydrogens is 222 g/mol. The number of pyridine rings is 1. The van der Waals surface area contributed by atoms with Crippen LogP contribution in [0.1, 0.15) is 37.7 Å². The summed E-state index contributed by atoms with van der Waals surface area (Å²) in [7, 11) is 4.14. The lowest BCUT2D eigenvalue weighted by molar-refractivity contribution is 0.228. The lowest BCUT2D eigenvalue weighted by atomic mass is 9.89. The number of aromatic nitrogens is 1. The van der Waals surface area contributed by atoms with E-state index >= 15 is 0 Å². The Balaban J connectivity index is 1.83. The zero-order chi connectivity index (χ0) is 12.8. The van der Waals surface area contributed by atoms with E-state index in [2.05, 4.69) is 34.4 Å². The highest BCUT2D eigenvalue weighted by Gasteiger charge is 2.15. The predicted molar refractivity (Wildman–Crippen MR) is 76.7 cm³/mol. The molecule has 0 atom stereocenters. The van der Waals surface area contributed by atoms with Crippen LogP contribution in [0.4, 0.5) is 5.82 Å². The van der Waals surface area contributed by atoms with E-state index in [1.165, 1.54) is 44.2 Å². The molecule has 0 amide bonds. The molecule has 3 nitrogen and oxygen atoms in total. The number of rotatable bonds is 5. The second kappa shape index (κ2) is 6.74. The molecule has 0 saturated heterocycles. The molecule has 1 aromatic heterocycles. The minimum absolute atomic E-state index is 0.911. The fourth-order valence-electron chi connectivity index (χ4n) is 2.90. The van der Waals surface area contributed by atoms with Gasteiger partial charge in [-0.25, -0.2) is 4.98 Å². The van der Waals surface area contributed by atoms with E-state index in [9.17, 15) is 0 Å². The average molecular weight is 247 g/mol. The molecular formula is C15H25N3. The molecule has 2 rings (SSSR count). The minimum Gasteiger partial charge on any atom is -0.373 e. The van der Waals surface area contributed by atoms with E-state index in [1.54, 1.807) is 0 Å². The molecule has 1 aromatic rings. The molecule has 0 radical (unpaired) electrons. The van der Waals surface area contributed by atoms with Crippen molar-refractivity contribution in [3.8, 4) is 0 Å². The van der Waals surface area contributed by atoms with Gasteiger partial charge in [-0.3, -0.25) is 0 Å². The third kappa shape index (κ3) is 3.98. The molecule has 1 saturated carbocycles. The summed E-state index contributed by atoms with van der Waals surface area (Å²) in [4.78, 5) is 6.70. The largest absolute Gasteiger partial charge is 0.373 e. The standard InChI is InChI=1S/C15H25N3/c1-16-15-10-14(8-9-17-15)12-18(2)11-13-6-4-3-5-7-13/h8-10,13H,3-7,11-12H2,1-2H3,(H,16,17). The van der Waals surface area contributed by atoms with Crippen LogP contribution in [0.15, 0.2) is 18.3 Å². The molecule has 1 heterocycles. The van der Waals surface area contributed by atoms with Gasteiger partial charge in [0, 0.05) is 26.3 Å². The molecule has 0 spiro atoms. The highest BCUT2D eigenvalue weighted by Crippen LogP contribution is 2.24. The van der Waals surface area contributed by atoms with Gasteiger partial charge < -0.3 is 10.2 Å². The van der Waals surface area contributed by atoms with E-state index in [0.29, 0.717) is 0 Å². The Kier molecular flexibility index (Phi) is 5.00. The van der Waals surface area contributed by atoms with Crippen molar-refractivity contribution in [3.05, 3.63) is 23.9 Å². The Morgan fingerprint density at radius 2 is 2.11 bits per heavy atom. The molecule has 18 heavy (non-hydrogen) atoms. The number of nitrogens with one attached hydrogen (secondary N) is 1. The van der Waals surface area contributed by atoms with Crippen molar-refractivity contribution in [2.75, 3.05) is 26.0 Å². The fraction of sp³-hybridized carbons (Fsp3) is 0.667. The Morgan fingerprint density at radius 3 is 2.83 bits per heavy atom. The van der Waals surface area contributed by atoms with Gasteiger partial charge in [-0.05, 0) is 43.5 Å². The summed E-state index contributed by atoms with van der Waals surface area (Å²) < 4.78 is 0. The fourth-order valence-corrected chi connectivity index (χ4v) is 2.90. The van der Waals surface area contributed by atoms with Crippen LogP contribution in [0.5, 0.6) is 0 Å². The van der Waals surface area contributed by atoms with Gasteiger partial charge in [0.15, 0.2) is 0 Å². The monoisotopic (exact) mass is 247 g/mol. The number of hydrogen-bond acceptors (Lipinski definition) is 3. The van der Waals surface area contributed by atoms with Gasteiger partial charge in [-0.2, -0.15) is 0 Å². The molecule has 1 fully saturated rings. The molecule has 0 bridgehead atoms. The molecule has 0 unspecified atom stereocenters. The maximum Gasteiger partial charge on any atom is 0.125 e. The van der Waals surface area contributed by atoms with Gasteiger partial charge in [0.25, 0.3) is 0 Å².